The molecule has 0 spiro atoms. The first-order valence-corrected chi connectivity index (χ1v) is 13.6. The largest absolute Gasteiger partial charge is 0.481 e. The van der Waals surface area contributed by atoms with Gasteiger partial charge in [0.05, 0.1) is 5.92 Å². The van der Waals surface area contributed by atoms with Crippen molar-refractivity contribution in [3.05, 3.63) is 0 Å². The molecule has 28 heavy (non-hydrogen) atoms. The summed E-state index contributed by atoms with van der Waals surface area (Å²) in [4.78, 5) is 24.1. The molecule has 0 heterocycles. The number of hydrogen-bond donors (Lipinski definition) is 3. The van der Waals surface area contributed by atoms with Gasteiger partial charge in [0.25, 0.3) is 0 Å². The van der Waals surface area contributed by atoms with E-state index in [-0.39, 0.29) is 17.1 Å². The van der Waals surface area contributed by atoms with E-state index in [1.165, 1.54) is 0 Å². The lowest BCUT2D eigenvalue weighted by molar-refractivity contribution is -0.188. The summed E-state index contributed by atoms with van der Waals surface area (Å²) in [6.45, 7) is 11.0. The summed E-state index contributed by atoms with van der Waals surface area (Å²) in [7, 11) is -1.90. The lowest BCUT2D eigenvalue weighted by atomic mass is 9.66. The first-order valence-electron chi connectivity index (χ1n) is 10.7. The van der Waals surface area contributed by atoms with Crippen LogP contribution < -0.4 is 0 Å². The summed E-state index contributed by atoms with van der Waals surface area (Å²) in [5.74, 6) is -4.65. The zero-order valence-corrected chi connectivity index (χ0v) is 19.0. The van der Waals surface area contributed by atoms with Crippen LogP contribution in [0.3, 0.4) is 0 Å². The summed E-state index contributed by atoms with van der Waals surface area (Å²) >= 11 is 0. The van der Waals surface area contributed by atoms with Gasteiger partial charge in [-0.1, -0.05) is 33.6 Å². The van der Waals surface area contributed by atoms with Crippen molar-refractivity contribution >= 4 is 20.3 Å². The third-order valence-corrected chi connectivity index (χ3v) is 12.1. The molecule has 162 valence electrons. The van der Waals surface area contributed by atoms with Crippen LogP contribution in [0.2, 0.25) is 18.1 Å². The summed E-state index contributed by atoms with van der Waals surface area (Å²) in [6.07, 6.45) is 5.56. The van der Waals surface area contributed by atoms with Crippen LogP contribution in [-0.2, 0) is 14.0 Å². The Bertz CT molecular complexity index is 570. The van der Waals surface area contributed by atoms with Crippen LogP contribution in [0.15, 0.2) is 0 Å². The average Bonchev–Trinajstić information content (AvgIpc) is 3.09. The second kappa shape index (κ2) is 8.44. The molecule has 0 aliphatic heterocycles. The van der Waals surface area contributed by atoms with Crippen molar-refractivity contribution in [2.75, 3.05) is 0 Å². The van der Waals surface area contributed by atoms with E-state index in [4.69, 9.17) is 4.43 Å². The Morgan fingerprint density at radius 1 is 0.964 bits per heavy atom. The van der Waals surface area contributed by atoms with Crippen molar-refractivity contribution in [2.24, 2.45) is 17.8 Å². The minimum absolute atomic E-state index is 0.0935. The predicted octanol–water partition coefficient (Wildman–Crippen LogP) is 4.27. The third kappa shape index (κ3) is 4.62. The Morgan fingerprint density at radius 3 is 1.86 bits per heavy atom. The normalized spacial score (nSPS) is 27.9. The maximum Gasteiger partial charge on any atom is 0.336 e. The van der Waals surface area contributed by atoms with Crippen molar-refractivity contribution in [3.8, 4) is 0 Å². The molecule has 7 heteroatoms. The molecule has 0 radical (unpaired) electrons. The molecule has 2 atom stereocenters. The van der Waals surface area contributed by atoms with E-state index in [2.05, 4.69) is 33.9 Å². The summed E-state index contributed by atoms with van der Waals surface area (Å²) in [5.41, 5.74) is -2.18. The second-order valence-corrected chi connectivity index (χ2v) is 15.1. The maximum absolute atomic E-state index is 12.1. The fraction of sp³-hybridized carbons (Fsp3) is 0.905. The van der Waals surface area contributed by atoms with Gasteiger partial charge >= 0.3 is 11.9 Å². The average molecular weight is 415 g/mol. The minimum Gasteiger partial charge on any atom is -0.481 e. The van der Waals surface area contributed by atoms with Crippen LogP contribution in [0.25, 0.3) is 0 Å². The fourth-order valence-corrected chi connectivity index (χ4v) is 6.23. The monoisotopic (exact) mass is 414 g/mol. The molecular formula is C21H38O6Si. The van der Waals surface area contributed by atoms with Gasteiger partial charge in [-0.15, -0.1) is 0 Å². The highest BCUT2D eigenvalue weighted by Gasteiger charge is 2.57. The molecule has 2 aliphatic rings. The Hall–Kier alpha value is -0.923. The summed E-state index contributed by atoms with van der Waals surface area (Å²) in [6, 6.07) is 0. The number of hydrogen-bond acceptors (Lipinski definition) is 4. The SMILES string of the molecule is CC(C)(C)[Si](C)(C)OC1CCC(C(C(=O)O)C(O)(C(=O)O)C2CCCC2)CC1. The smallest absolute Gasteiger partial charge is 0.336 e. The highest BCUT2D eigenvalue weighted by atomic mass is 28.4. The standard InChI is InChI=1S/C21H38O6Si/c1-20(2,3)28(4,5)27-16-12-10-14(11-13-16)17(18(22)23)21(26,19(24)25)15-8-6-7-9-15/h14-17,26H,6-13H2,1-5H3,(H,22,23)(H,24,25). The van der Waals surface area contributed by atoms with Gasteiger partial charge in [0, 0.05) is 6.10 Å². The highest BCUT2D eigenvalue weighted by Crippen LogP contribution is 2.46. The molecule has 2 unspecified atom stereocenters. The van der Waals surface area contributed by atoms with E-state index in [0.29, 0.717) is 25.7 Å². The van der Waals surface area contributed by atoms with E-state index in [1.807, 2.05) is 0 Å². The lowest BCUT2D eigenvalue weighted by Crippen LogP contribution is -2.57. The molecule has 0 aromatic carbocycles. The topological polar surface area (TPSA) is 104 Å². The molecule has 0 bridgehead atoms. The quantitative estimate of drug-likeness (QED) is 0.537. The van der Waals surface area contributed by atoms with Crippen LogP contribution >= 0.6 is 0 Å². The number of aliphatic carboxylic acids is 2. The number of rotatable bonds is 7. The molecule has 2 fully saturated rings. The Labute approximate surface area is 169 Å². The van der Waals surface area contributed by atoms with Gasteiger partial charge in [0.1, 0.15) is 0 Å². The van der Waals surface area contributed by atoms with Crippen molar-refractivity contribution in [1.29, 1.82) is 0 Å². The van der Waals surface area contributed by atoms with Gasteiger partial charge in [0.15, 0.2) is 13.9 Å². The fourth-order valence-electron chi connectivity index (χ4n) is 4.81. The Balaban J connectivity index is 2.13. The molecule has 2 saturated carbocycles. The predicted molar refractivity (Wildman–Crippen MR) is 110 cm³/mol. The van der Waals surface area contributed by atoms with E-state index in [9.17, 15) is 24.9 Å². The first-order chi connectivity index (χ1) is 12.8. The van der Waals surface area contributed by atoms with Gasteiger partial charge in [-0.25, -0.2) is 4.79 Å². The minimum atomic E-state index is -2.18. The lowest BCUT2D eigenvalue weighted by Gasteiger charge is -2.44. The Kier molecular flexibility index (Phi) is 7.04. The highest BCUT2D eigenvalue weighted by molar-refractivity contribution is 6.74. The van der Waals surface area contributed by atoms with E-state index < -0.39 is 37.7 Å². The molecule has 0 aromatic rings. The van der Waals surface area contributed by atoms with E-state index >= 15 is 0 Å². The van der Waals surface area contributed by atoms with Crippen molar-refractivity contribution in [3.63, 3.8) is 0 Å². The van der Waals surface area contributed by atoms with E-state index in [1.54, 1.807) is 0 Å². The zero-order valence-electron chi connectivity index (χ0n) is 18.0. The molecule has 0 aromatic heterocycles. The van der Waals surface area contributed by atoms with Gasteiger partial charge in [0.2, 0.25) is 0 Å². The van der Waals surface area contributed by atoms with Crippen molar-refractivity contribution in [1.82, 2.24) is 0 Å². The zero-order chi connectivity index (χ0) is 21.3. The van der Waals surface area contributed by atoms with Gasteiger partial charge in [-0.3, -0.25) is 4.79 Å². The molecule has 6 nitrogen and oxygen atoms in total. The van der Waals surface area contributed by atoms with Gasteiger partial charge < -0.3 is 19.7 Å². The summed E-state index contributed by atoms with van der Waals surface area (Å²) < 4.78 is 6.48. The van der Waals surface area contributed by atoms with Crippen LogP contribution in [0.1, 0.15) is 72.1 Å². The number of aliphatic hydroxyl groups is 1. The second-order valence-electron chi connectivity index (χ2n) is 10.3. The first kappa shape index (κ1) is 23.4. The van der Waals surface area contributed by atoms with Crippen LogP contribution in [0.4, 0.5) is 0 Å². The molecule has 2 rings (SSSR count). The molecule has 3 N–H and O–H groups in total. The van der Waals surface area contributed by atoms with Crippen LogP contribution in [-0.4, -0.2) is 47.3 Å². The molecular weight excluding hydrogens is 376 g/mol. The summed E-state index contributed by atoms with van der Waals surface area (Å²) in [5, 5.41) is 30.9. The molecule has 0 saturated heterocycles. The van der Waals surface area contributed by atoms with Crippen molar-refractivity contribution in [2.45, 2.75) is 102 Å². The number of carbonyl (C=O) groups is 2. The molecule has 2 aliphatic carbocycles. The maximum atomic E-state index is 12.1. The molecule has 0 amide bonds. The van der Waals surface area contributed by atoms with Crippen LogP contribution in [0, 0.1) is 17.8 Å². The Morgan fingerprint density at radius 2 is 1.46 bits per heavy atom. The van der Waals surface area contributed by atoms with E-state index in [0.717, 1.165) is 25.7 Å². The van der Waals surface area contributed by atoms with Gasteiger partial charge in [-0.2, -0.15) is 0 Å². The number of carboxylic acid groups (broad SMARTS) is 2. The van der Waals surface area contributed by atoms with Gasteiger partial charge in [-0.05, 0) is 68.5 Å². The third-order valence-electron chi connectivity index (χ3n) is 7.52. The number of carboxylic acids is 2. The van der Waals surface area contributed by atoms with Crippen molar-refractivity contribution < 1.29 is 29.3 Å². The van der Waals surface area contributed by atoms with Crippen LogP contribution in [0.5, 0.6) is 0 Å².